The average Bonchev–Trinajstić information content (AvgIpc) is 2.46. The fourth-order valence-electron chi connectivity index (χ4n) is 2.49. The molecular formula is C15H30N4O2. The minimum atomic E-state index is 0.0809. The number of carbonyl (C=O) groups excluding carboxylic acids is 2. The molecule has 1 atom stereocenters. The Balaban J connectivity index is 2.25. The molecule has 1 unspecified atom stereocenters. The van der Waals surface area contributed by atoms with Gasteiger partial charge in [-0.2, -0.15) is 0 Å². The van der Waals surface area contributed by atoms with E-state index in [9.17, 15) is 9.59 Å². The molecule has 1 rings (SSSR count). The molecule has 6 nitrogen and oxygen atoms in total. The predicted molar refractivity (Wildman–Crippen MR) is 84.1 cm³/mol. The molecule has 0 spiro atoms. The van der Waals surface area contributed by atoms with Crippen molar-refractivity contribution in [3.05, 3.63) is 0 Å². The fourth-order valence-corrected chi connectivity index (χ4v) is 2.49. The summed E-state index contributed by atoms with van der Waals surface area (Å²) in [5.41, 5.74) is 0. The standard InChI is InChI=1S/C15H30N4O2/c1-4-6-17-14(20)12-18-7-9-19(10-8-18)15(21)11-13(3)16-5-2/h13,16H,4-12H2,1-3H3,(H,17,20). The molecule has 0 aromatic heterocycles. The second-order valence-electron chi connectivity index (χ2n) is 5.67. The van der Waals surface area contributed by atoms with Crippen LogP contribution in [0.2, 0.25) is 0 Å². The van der Waals surface area contributed by atoms with Crippen LogP contribution in [0.5, 0.6) is 0 Å². The van der Waals surface area contributed by atoms with Crippen LogP contribution in [0.1, 0.15) is 33.6 Å². The molecule has 0 aliphatic carbocycles. The van der Waals surface area contributed by atoms with E-state index in [1.54, 1.807) is 0 Å². The van der Waals surface area contributed by atoms with Crippen molar-refractivity contribution in [2.45, 2.75) is 39.7 Å². The SMILES string of the molecule is CCCNC(=O)CN1CCN(C(=O)CC(C)NCC)CC1. The molecule has 122 valence electrons. The minimum absolute atomic E-state index is 0.0809. The molecule has 1 heterocycles. The summed E-state index contributed by atoms with van der Waals surface area (Å²) >= 11 is 0. The van der Waals surface area contributed by atoms with Crippen molar-refractivity contribution < 1.29 is 9.59 Å². The Morgan fingerprint density at radius 2 is 1.81 bits per heavy atom. The Kier molecular flexibility index (Phi) is 8.30. The molecule has 0 bridgehead atoms. The second-order valence-corrected chi connectivity index (χ2v) is 5.67. The van der Waals surface area contributed by atoms with Crippen molar-refractivity contribution in [2.75, 3.05) is 45.8 Å². The smallest absolute Gasteiger partial charge is 0.234 e. The van der Waals surface area contributed by atoms with E-state index in [1.165, 1.54) is 0 Å². The van der Waals surface area contributed by atoms with Gasteiger partial charge in [-0.15, -0.1) is 0 Å². The highest BCUT2D eigenvalue weighted by molar-refractivity contribution is 5.78. The zero-order valence-corrected chi connectivity index (χ0v) is 13.7. The van der Waals surface area contributed by atoms with Gasteiger partial charge in [0.1, 0.15) is 0 Å². The summed E-state index contributed by atoms with van der Waals surface area (Å²) in [5, 5.41) is 6.14. The normalized spacial score (nSPS) is 17.6. The van der Waals surface area contributed by atoms with E-state index in [2.05, 4.69) is 15.5 Å². The maximum absolute atomic E-state index is 12.1. The molecule has 2 N–H and O–H groups in total. The van der Waals surface area contributed by atoms with E-state index < -0.39 is 0 Å². The van der Waals surface area contributed by atoms with Crippen molar-refractivity contribution in [3.63, 3.8) is 0 Å². The Morgan fingerprint density at radius 1 is 1.14 bits per heavy atom. The van der Waals surface area contributed by atoms with Gasteiger partial charge >= 0.3 is 0 Å². The number of hydrogen-bond donors (Lipinski definition) is 2. The Bertz CT molecular complexity index is 328. The van der Waals surface area contributed by atoms with Crippen molar-refractivity contribution in [1.29, 1.82) is 0 Å². The summed E-state index contributed by atoms with van der Waals surface area (Å²) in [6.07, 6.45) is 1.50. The van der Waals surface area contributed by atoms with Gasteiger partial charge in [0.25, 0.3) is 0 Å². The summed E-state index contributed by atoms with van der Waals surface area (Å²) in [6, 6.07) is 0.223. The third kappa shape index (κ3) is 6.91. The maximum atomic E-state index is 12.1. The molecule has 0 aromatic carbocycles. The number of piperazine rings is 1. The van der Waals surface area contributed by atoms with Gasteiger partial charge in [0, 0.05) is 45.2 Å². The molecule has 1 aliphatic rings. The lowest BCUT2D eigenvalue weighted by atomic mass is 10.2. The largest absolute Gasteiger partial charge is 0.355 e. The van der Waals surface area contributed by atoms with Gasteiger partial charge < -0.3 is 15.5 Å². The first kappa shape index (κ1) is 17.9. The van der Waals surface area contributed by atoms with E-state index in [0.717, 1.165) is 45.7 Å². The monoisotopic (exact) mass is 298 g/mol. The highest BCUT2D eigenvalue weighted by Crippen LogP contribution is 2.05. The topological polar surface area (TPSA) is 64.7 Å². The van der Waals surface area contributed by atoms with Gasteiger partial charge in [0.2, 0.25) is 11.8 Å². The third-order valence-electron chi connectivity index (χ3n) is 3.70. The Morgan fingerprint density at radius 3 is 2.38 bits per heavy atom. The molecule has 21 heavy (non-hydrogen) atoms. The molecule has 0 saturated carbocycles. The number of carbonyl (C=O) groups is 2. The first-order valence-corrected chi connectivity index (χ1v) is 8.07. The lowest BCUT2D eigenvalue weighted by Crippen LogP contribution is -2.51. The van der Waals surface area contributed by atoms with Crippen molar-refractivity contribution in [3.8, 4) is 0 Å². The van der Waals surface area contributed by atoms with Gasteiger partial charge in [-0.3, -0.25) is 14.5 Å². The molecule has 1 fully saturated rings. The van der Waals surface area contributed by atoms with E-state index in [4.69, 9.17) is 0 Å². The van der Waals surface area contributed by atoms with Crippen LogP contribution in [-0.2, 0) is 9.59 Å². The summed E-state index contributed by atoms with van der Waals surface area (Å²) < 4.78 is 0. The van der Waals surface area contributed by atoms with Gasteiger partial charge in [-0.05, 0) is 19.9 Å². The van der Waals surface area contributed by atoms with Gasteiger partial charge in [-0.1, -0.05) is 13.8 Å². The molecule has 6 heteroatoms. The number of amides is 2. The first-order chi connectivity index (χ1) is 10.1. The van der Waals surface area contributed by atoms with Crippen molar-refractivity contribution in [2.24, 2.45) is 0 Å². The highest BCUT2D eigenvalue weighted by atomic mass is 16.2. The molecule has 0 radical (unpaired) electrons. The number of rotatable bonds is 8. The quantitative estimate of drug-likeness (QED) is 0.664. The summed E-state index contributed by atoms with van der Waals surface area (Å²) in [5.74, 6) is 0.288. The molecule has 1 aliphatic heterocycles. The van der Waals surface area contributed by atoms with Crippen LogP contribution in [0.3, 0.4) is 0 Å². The molecule has 1 saturated heterocycles. The second kappa shape index (κ2) is 9.73. The van der Waals surface area contributed by atoms with E-state index in [0.29, 0.717) is 13.0 Å². The molecular weight excluding hydrogens is 268 g/mol. The van der Waals surface area contributed by atoms with Crippen LogP contribution < -0.4 is 10.6 Å². The van der Waals surface area contributed by atoms with E-state index >= 15 is 0 Å². The highest BCUT2D eigenvalue weighted by Gasteiger charge is 2.23. The molecule has 2 amide bonds. The van der Waals surface area contributed by atoms with Gasteiger partial charge in [0.05, 0.1) is 6.54 Å². The zero-order valence-electron chi connectivity index (χ0n) is 13.7. The van der Waals surface area contributed by atoms with Gasteiger partial charge in [-0.25, -0.2) is 0 Å². The van der Waals surface area contributed by atoms with Crippen LogP contribution in [-0.4, -0.2) is 73.5 Å². The maximum Gasteiger partial charge on any atom is 0.234 e. The number of nitrogens with one attached hydrogen (secondary N) is 2. The minimum Gasteiger partial charge on any atom is -0.355 e. The number of nitrogens with zero attached hydrogens (tertiary/aromatic N) is 2. The predicted octanol–water partition coefficient (Wildman–Crippen LogP) is 0.0449. The van der Waals surface area contributed by atoms with Crippen molar-refractivity contribution >= 4 is 11.8 Å². The third-order valence-corrected chi connectivity index (χ3v) is 3.70. The van der Waals surface area contributed by atoms with Crippen molar-refractivity contribution in [1.82, 2.24) is 20.4 Å². The average molecular weight is 298 g/mol. The Labute approximate surface area is 128 Å². The van der Waals surface area contributed by atoms with E-state index in [1.807, 2.05) is 25.7 Å². The lowest BCUT2D eigenvalue weighted by molar-refractivity contribution is -0.133. The van der Waals surface area contributed by atoms with Gasteiger partial charge in [0.15, 0.2) is 0 Å². The van der Waals surface area contributed by atoms with Crippen LogP contribution in [0.25, 0.3) is 0 Å². The van der Waals surface area contributed by atoms with Crippen LogP contribution in [0, 0.1) is 0 Å². The summed E-state index contributed by atoms with van der Waals surface area (Å²) in [4.78, 5) is 27.8. The number of hydrogen-bond acceptors (Lipinski definition) is 4. The lowest BCUT2D eigenvalue weighted by Gasteiger charge is -2.34. The summed E-state index contributed by atoms with van der Waals surface area (Å²) in [7, 11) is 0. The molecule has 0 aromatic rings. The fraction of sp³-hybridized carbons (Fsp3) is 0.867. The summed E-state index contributed by atoms with van der Waals surface area (Å²) in [6.45, 7) is 11.2. The first-order valence-electron chi connectivity index (χ1n) is 8.07. The zero-order chi connectivity index (χ0) is 15.7. The van der Waals surface area contributed by atoms with Crippen LogP contribution in [0.15, 0.2) is 0 Å². The van der Waals surface area contributed by atoms with Crippen LogP contribution in [0.4, 0.5) is 0 Å². The van der Waals surface area contributed by atoms with Crippen LogP contribution >= 0.6 is 0 Å². The van der Waals surface area contributed by atoms with E-state index in [-0.39, 0.29) is 17.9 Å². The Hall–Kier alpha value is -1.14.